The Morgan fingerprint density at radius 1 is 0.471 bits per heavy atom. The predicted molar refractivity (Wildman–Crippen MR) is 289 cm³/mol. The Bertz CT molecular complexity index is 3520. The van der Waals surface area contributed by atoms with E-state index in [0.717, 1.165) is 33.1 Å². The number of para-hydroxylation sites is 4. The topological polar surface area (TPSA) is 26.5 Å². The average Bonchev–Trinajstić information content (AvgIpc) is 3.87. The van der Waals surface area contributed by atoms with E-state index >= 15 is 0 Å². The Morgan fingerprint density at radius 2 is 0.971 bits per heavy atom. The van der Waals surface area contributed by atoms with Crippen LogP contribution in [0.25, 0.3) is 48.5 Å². The highest BCUT2D eigenvalue weighted by Crippen LogP contribution is 2.74. The number of nitrogens with zero attached hydrogens (tertiary/aromatic N) is 2. The van der Waals surface area contributed by atoms with E-state index in [1.165, 1.54) is 68.7 Å². The molecule has 5 heteroatoms. The van der Waals surface area contributed by atoms with Gasteiger partial charge in [0.15, 0.2) is 4.96 Å². The molecule has 0 atom stereocenters. The Morgan fingerprint density at radius 3 is 1.60 bits per heavy atom. The summed E-state index contributed by atoms with van der Waals surface area (Å²) in [5.41, 5.74) is 12.5. The van der Waals surface area contributed by atoms with Crippen LogP contribution in [0.3, 0.4) is 0 Å². The fourth-order valence-corrected chi connectivity index (χ4v) is 15.9. The SMILES string of the molecule is CC(C)(C)c1ccc(S(c2ccccc2)(c2ccccc2)c2ccc(C(C)(C)C)c(-c3cccc4c3sc3nc5ccccc5n34)c2)cc1-c1cccc2c1Oc1ccccc1C(C)(C)C2(C)C. The fraction of sp³-hybridized carbons (Fsp3) is 0.222. The molecular weight excluding hydrogens is 865 g/mol. The number of thiazole rings is 1. The molecule has 2 aromatic heterocycles. The number of hydrogen-bond donors (Lipinski definition) is 0. The lowest BCUT2D eigenvalue weighted by Gasteiger charge is -2.43. The van der Waals surface area contributed by atoms with Gasteiger partial charge in [-0.3, -0.25) is 4.40 Å². The lowest BCUT2D eigenvalue weighted by Crippen LogP contribution is -2.39. The maximum absolute atomic E-state index is 7.29. The molecule has 0 fully saturated rings. The summed E-state index contributed by atoms with van der Waals surface area (Å²) in [6.45, 7) is 23.6. The van der Waals surface area contributed by atoms with Gasteiger partial charge in [-0.25, -0.2) is 4.98 Å². The molecule has 0 aliphatic carbocycles. The lowest BCUT2D eigenvalue weighted by atomic mass is 9.61. The second-order valence-corrected chi connectivity index (χ2v) is 25.7. The standard InChI is InChI=1S/C63H60N2OS2/c1-60(2,3)49-37-35-43(39-47(49)45-27-21-30-52-57(45)66-56-34-20-17-29-51(56)62(7,8)63(52,9)10)68(41-23-13-11-14-24-41,42-25-15-12-16-26-42)44-36-38-50(61(4,5)6)48(40-44)46-28-22-33-55-58(46)67-59-64-53-31-18-19-32-54(53)65(55)59/h11-40H,1-10H3. The maximum Gasteiger partial charge on any atom is 0.195 e. The third-order valence-corrected chi connectivity index (χ3v) is 20.0. The highest BCUT2D eigenvalue weighted by Gasteiger charge is 2.46. The first-order valence-corrected chi connectivity index (χ1v) is 26.4. The largest absolute Gasteiger partial charge is 0.456 e. The Kier molecular flexibility index (Phi) is 10.3. The van der Waals surface area contributed by atoms with Gasteiger partial charge in [0, 0.05) is 52.7 Å². The summed E-state index contributed by atoms with van der Waals surface area (Å²) in [7, 11) is -2.17. The van der Waals surface area contributed by atoms with Gasteiger partial charge in [-0.1, -0.05) is 190 Å². The van der Waals surface area contributed by atoms with Crippen molar-refractivity contribution in [3.63, 3.8) is 0 Å². The molecule has 0 unspecified atom stereocenters. The molecule has 3 nitrogen and oxygen atoms in total. The molecule has 3 heterocycles. The van der Waals surface area contributed by atoms with Crippen LogP contribution in [0.5, 0.6) is 11.5 Å². The number of aromatic nitrogens is 2. The first-order chi connectivity index (χ1) is 32.5. The molecule has 0 bridgehead atoms. The molecule has 1 aliphatic rings. The summed E-state index contributed by atoms with van der Waals surface area (Å²) in [5, 5.41) is 0. The van der Waals surface area contributed by atoms with Gasteiger partial charge >= 0.3 is 0 Å². The summed E-state index contributed by atoms with van der Waals surface area (Å²) in [6.07, 6.45) is 0. The van der Waals surface area contributed by atoms with Gasteiger partial charge in [0.2, 0.25) is 0 Å². The molecule has 0 amide bonds. The third kappa shape index (κ3) is 6.71. The van der Waals surface area contributed by atoms with Crippen molar-refractivity contribution in [3.8, 4) is 33.8 Å². The Labute approximate surface area is 407 Å². The molecular formula is C63H60N2OS2. The van der Waals surface area contributed by atoms with Gasteiger partial charge < -0.3 is 4.74 Å². The summed E-state index contributed by atoms with van der Waals surface area (Å²) >= 11 is 1.79. The summed E-state index contributed by atoms with van der Waals surface area (Å²) < 4.78 is 10.9. The minimum absolute atomic E-state index is 0.134. The number of fused-ring (bicyclic) bond motifs is 7. The van der Waals surface area contributed by atoms with Crippen LogP contribution >= 0.6 is 21.4 Å². The van der Waals surface area contributed by atoms with E-state index in [0.29, 0.717) is 0 Å². The van der Waals surface area contributed by atoms with Crippen LogP contribution in [-0.4, -0.2) is 9.38 Å². The number of rotatable bonds is 6. The Balaban J connectivity index is 1.23. The second-order valence-electron chi connectivity index (χ2n) is 21.7. The molecule has 340 valence electrons. The van der Waals surface area contributed by atoms with E-state index in [9.17, 15) is 0 Å². The second kappa shape index (κ2) is 15.8. The van der Waals surface area contributed by atoms with Gasteiger partial charge in [-0.2, -0.15) is 0 Å². The van der Waals surface area contributed by atoms with E-state index < -0.39 is 10.0 Å². The monoisotopic (exact) mass is 924 g/mol. The van der Waals surface area contributed by atoms with Gasteiger partial charge in [-0.05, 0) is 106 Å². The Hall–Kier alpha value is -6.40. The molecule has 10 aromatic rings. The normalized spacial score (nSPS) is 14.9. The molecule has 0 saturated heterocycles. The minimum Gasteiger partial charge on any atom is -0.456 e. The summed E-state index contributed by atoms with van der Waals surface area (Å²) in [4.78, 5) is 11.3. The van der Waals surface area contributed by atoms with Crippen LogP contribution in [0, 0.1) is 0 Å². The van der Waals surface area contributed by atoms with E-state index in [2.05, 4.69) is 256 Å². The zero-order chi connectivity index (χ0) is 47.4. The average molecular weight is 925 g/mol. The molecule has 8 aromatic carbocycles. The van der Waals surface area contributed by atoms with Crippen LogP contribution < -0.4 is 4.74 Å². The van der Waals surface area contributed by atoms with Gasteiger partial charge in [0.1, 0.15) is 11.5 Å². The van der Waals surface area contributed by atoms with Crippen molar-refractivity contribution in [2.75, 3.05) is 0 Å². The van der Waals surface area contributed by atoms with Crippen LogP contribution in [0.15, 0.2) is 202 Å². The minimum atomic E-state index is -2.17. The number of hydrogen-bond acceptors (Lipinski definition) is 3. The molecule has 0 radical (unpaired) electrons. The van der Waals surface area contributed by atoms with Gasteiger partial charge in [0.25, 0.3) is 0 Å². The van der Waals surface area contributed by atoms with Crippen LogP contribution in [0.2, 0.25) is 0 Å². The van der Waals surface area contributed by atoms with Gasteiger partial charge in [0.05, 0.1) is 21.3 Å². The van der Waals surface area contributed by atoms with Crippen molar-refractivity contribution >= 4 is 47.6 Å². The van der Waals surface area contributed by atoms with Crippen molar-refractivity contribution in [1.29, 1.82) is 0 Å². The van der Waals surface area contributed by atoms with Gasteiger partial charge in [-0.15, -0.1) is 10.0 Å². The molecule has 0 spiro atoms. The van der Waals surface area contributed by atoms with E-state index in [1.807, 2.05) is 0 Å². The number of imidazole rings is 1. The molecule has 11 rings (SSSR count). The van der Waals surface area contributed by atoms with Crippen LogP contribution in [0.1, 0.15) is 91.5 Å². The van der Waals surface area contributed by atoms with E-state index in [4.69, 9.17) is 9.72 Å². The van der Waals surface area contributed by atoms with E-state index in [1.54, 1.807) is 11.3 Å². The summed E-state index contributed by atoms with van der Waals surface area (Å²) in [5.74, 6) is 1.87. The molecule has 1 aliphatic heterocycles. The lowest BCUT2D eigenvalue weighted by molar-refractivity contribution is 0.306. The molecule has 0 N–H and O–H groups in total. The molecule has 68 heavy (non-hydrogen) atoms. The highest BCUT2D eigenvalue weighted by atomic mass is 32.3. The number of benzene rings is 8. The van der Waals surface area contributed by atoms with Crippen LogP contribution in [0.4, 0.5) is 0 Å². The summed E-state index contributed by atoms with van der Waals surface area (Å²) in [6, 6.07) is 68.2. The smallest absolute Gasteiger partial charge is 0.195 e. The highest BCUT2D eigenvalue weighted by molar-refractivity contribution is 8.34. The quantitative estimate of drug-likeness (QED) is 0.166. The zero-order valence-electron chi connectivity index (χ0n) is 40.9. The van der Waals surface area contributed by atoms with Crippen molar-refractivity contribution < 1.29 is 4.74 Å². The van der Waals surface area contributed by atoms with Crippen molar-refractivity contribution in [2.24, 2.45) is 0 Å². The third-order valence-electron chi connectivity index (χ3n) is 15.1. The fourth-order valence-electron chi connectivity index (χ4n) is 10.9. The maximum atomic E-state index is 7.29. The van der Waals surface area contributed by atoms with Crippen molar-refractivity contribution in [1.82, 2.24) is 9.38 Å². The zero-order valence-corrected chi connectivity index (χ0v) is 42.6. The number of ether oxygens (including phenoxy) is 1. The first-order valence-electron chi connectivity index (χ1n) is 23.9. The molecule has 0 saturated carbocycles. The van der Waals surface area contributed by atoms with E-state index in [-0.39, 0.29) is 21.7 Å². The van der Waals surface area contributed by atoms with Crippen molar-refractivity contribution in [3.05, 3.63) is 204 Å². The predicted octanol–water partition coefficient (Wildman–Crippen LogP) is 18.3. The van der Waals surface area contributed by atoms with Crippen molar-refractivity contribution in [2.45, 2.75) is 110 Å². The van der Waals surface area contributed by atoms with Crippen LogP contribution in [-0.2, 0) is 21.7 Å². The first kappa shape index (κ1) is 44.1.